The number of nitrogens with zero attached hydrogens (tertiary/aromatic N) is 1. The molecule has 1 amide bonds. The van der Waals surface area contributed by atoms with Crippen LogP contribution in [0.4, 0.5) is 11.4 Å². The molecule has 5 nitrogen and oxygen atoms in total. The fraction of sp³-hybridized carbons (Fsp3) is 0.273. The van der Waals surface area contributed by atoms with Crippen LogP contribution in [0, 0.1) is 0 Å². The summed E-state index contributed by atoms with van der Waals surface area (Å²) in [4.78, 5) is 25.5. The topological polar surface area (TPSA) is 72.6 Å². The Hall–Kier alpha value is -3.08. The van der Waals surface area contributed by atoms with Gasteiger partial charge in [-0.3, -0.25) is 9.59 Å². The molecular formula is C22H26N2O3. The number of nitrogens with two attached hydrogens (primary N) is 1. The molecule has 2 aromatic carbocycles. The molecule has 0 spiro atoms. The Morgan fingerprint density at radius 3 is 2.48 bits per heavy atom. The Morgan fingerprint density at radius 1 is 1.07 bits per heavy atom. The number of methoxy groups -OCH3 is 1. The Morgan fingerprint density at radius 2 is 1.78 bits per heavy atom. The van der Waals surface area contributed by atoms with Crippen molar-refractivity contribution in [1.29, 1.82) is 0 Å². The van der Waals surface area contributed by atoms with Crippen molar-refractivity contribution in [3.05, 3.63) is 65.7 Å². The van der Waals surface area contributed by atoms with Crippen molar-refractivity contribution in [1.82, 2.24) is 0 Å². The summed E-state index contributed by atoms with van der Waals surface area (Å²) in [5.74, 6) is -0.263. The summed E-state index contributed by atoms with van der Waals surface area (Å²) in [5, 5.41) is 0. The van der Waals surface area contributed by atoms with Crippen LogP contribution >= 0.6 is 0 Å². The third kappa shape index (κ3) is 5.99. The first kappa shape index (κ1) is 20.2. The maximum atomic E-state index is 12.7. The van der Waals surface area contributed by atoms with Gasteiger partial charge in [0.15, 0.2) is 0 Å². The Bertz CT molecular complexity index is 797. The van der Waals surface area contributed by atoms with Gasteiger partial charge in [0.1, 0.15) is 0 Å². The molecule has 0 bridgehead atoms. The highest BCUT2D eigenvalue weighted by molar-refractivity contribution is 6.06. The van der Waals surface area contributed by atoms with Crippen LogP contribution in [0.3, 0.4) is 0 Å². The number of unbranched alkanes of at least 4 members (excludes halogenated alkanes) is 2. The minimum absolute atomic E-state index is 0.0890. The van der Waals surface area contributed by atoms with E-state index < -0.39 is 0 Å². The highest BCUT2D eigenvalue weighted by Gasteiger charge is 2.15. The van der Waals surface area contributed by atoms with Gasteiger partial charge in [0.25, 0.3) is 5.91 Å². The van der Waals surface area contributed by atoms with Crippen molar-refractivity contribution >= 4 is 29.3 Å². The summed E-state index contributed by atoms with van der Waals surface area (Å²) < 4.78 is 4.63. The molecule has 27 heavy (non-hydrogen) atoms. The van der Waals surface area contributed by atoms with Gasteiger partial charge < -0.3 is 15.4 Å². The van der Waals surface area contributed by atoms with Gasteiger partial charge >= 0.3 is 5.97 Å². The molecule has 0 heterocycles. The van der Waals surface area contributed by atoms with Crippen LogP contribution in [0.5, 0.6) is 0 Å². The zero-order valence-corrected chi connectivity index (χ0v) is 15.9. The van der Waals surface area contributed by atoms with Crippen LogP contribution in [-0.2, 0) is 9.53 Å². The first-order chi connectivity index (χ1) is 13.0. The average Bonchev–Trinajstić information content (AvgIpc) is 2.70. The van der Waals surface area contributed by atoms with Crippen LogP contribution < -0.4 is 10.6 Å². The van der Waals surface area contributed by atoms with Crippen LogP contribution in [0.2, 0.25) is 0 Å². The Labute approximate surface area is 160 Å². The maximum Gasteiger partial charge on any atom is 0.305 e. The Balaban J connectivity index is 2.01. The van der Waals surface area contributed by atoms with Gasteiger partial charge in [-0.1, -0.05) is 30.4 Å². The number of ether oxygens (including phenoxy) is 1. The van der Waals surface area contributed by atoms with Crippen molar-refractivity contribution in [3.63, 3.8) is 0 Å². The number of carbonyl (C=O) groups is 2. The van der Waals surface area contributed by atoms with Gasteiger partial charge in [-0.25, -0.2) is 0 Å². The van der Waals surface area contributed by atoms with E-state index in [9.17, 15) is 9.59 Å². The molecule has 5 heteroatoms. The fourth-order valence-electron chi connectivity index (χ4n) is 2.71. The Kier molecular flexibility index (Phi) is 7.62. The molecule has 0 aliphatic rings. The number of allylic oxidation sites excluding steroid dienone is 1. The minimum Gasteiger partial charge on any atom is -0.469 e. The van der Waals surface area contributed by atoms with Crippen molar-refractivity contribution in [2.24, 2.45) is 0 Å². The minimum atomic E-state index is -0.174. The van der Waals surface area contributed by atoms with E-state index in [-0.39, 0.29) is 11.9 Å². The maximum absolute atomic E-state index is 12.7. The summed E-state index contributed by atoms with van der Waals surface area (Å²) in [6.45, 7) is 0. The van der Waals surface area contributed by atoms with Crippen molar-refractivity contribution in [3.8, 4) is 0 Å². The molecule has 0 unspecified atom stereocenters. The van der Waals surface area contributed by atoms with Crippen molar-refractivity contribution < 1.29 is 14.3 Å². The number of carbonyl (C=O) groups excluding carboxylic acids is 2. The number of anilines is 2. The third-order valence-electron chi connectivity index (χ3n) is 4.29. The zero-order chi connectivity index (χ0) is 19.6. The molecule has 2 aromatic rings. The second-order valence-electron chi connectivity index (χ2n) is 6.27. The molecule has 0 aromatic heterocycles. The molecular weight excluding hydrogens is 340 g/mol. The highest BCUT2D eigenvalue weighted by atomic mass is 16.5. The number of esters is 1. The third-order valence-corrected chi connectivity index (χ3v) is 4.29. The SMILES string of the molecule is COC(=O)CCCCC=Cc1ccccc1N(C)C(=O)c1ccc(N)cc1. The van der Waals surface area contributed by atoms with Crippen LogP contribution in [0.25, 0.3) is 6.08 Å². The lowest BCUT2D eigenvalue weighted by Gasteiger charge is -2.20. The van der Waals surface area contributed by atoms with Crippen molar-refractivity contribution in [2.45, 2.75) is 25.7 Å². The van der Waals surface area contributed by atoms with Gasteiger partial charge in [-0.15, -0.1) is 0 Å². The molecule has 142 valence electrons. The van der Waals surface area contributed by atoms with Crippen molar-refractivity contribution in [2.75, 3.05) is 24.8 Å². The largest absolute Gasteiger partial charge is 0.469 e. The van der Waals surface area contributed by atoms with Crippen LogP contribution in [-0.4, -0.2) is 26.0 Å². The van der Waals surface area contributed by atoms with Gasteiger partial charge in [-0.05, 0) is 55.2 Å². The van der Waals surface area contributed by atoms with E-state index in [1.54, 1.807) is 36.2 Å². The molecule has 0 saturated carbocycles. The summed E-state index contributed by atoms with van der Waals surface area (Å²) in [6, 6.07) is 14.7. The number of hydrogen-bond donors (Lipinski definition) is 1. The van der Waals surface area contributed by atoms with E-state index in [1.807, 2.05) is 30.3 Å². The molecule has 0 aliphatic carbocycles. The fourth-order valence-corrected chi connectivity index (χ4v) is 2.71. The van der Waals surface area contributed by atoms with E-state index in [0.29, 0.717) is 17.7 Å². The number of hydrogen-bond acceptors (Lipinski definition) is 4. The summed E-state index contributed by atoms with van der Waals surface area (Å²) in [7, 11) is 3.17. The van der Waals surface area contributed by atoms with Gasteiger partial charge in [-0.2, -0.15) is 0 Å². The number of nitrogen functional groups attached to an aromatic ring is 1. The predicted molar refractivity (Wildman–Crippen MR) is 110 cm³/mol. The quantitative estimate of drug-likeness (QED) is 0.430. The van der Waals surface area contributed by atoms with Crippen LogP contribution in [0.15, 0.2) is 54.6 Å². The summed E-state index contributed by atoms with van der Waals surface area (Å²) in [5.41, 5.74) is 8.72. The number of rotatable bonds is 8. The van der Waals surface area contributed by atoms with Gasteiger partial charge in [0, 0.05) is 24.7 Å². The lowest BCUT2D eigenvalue weighted by atomic mass is 10.1. The second kappa shape index (κ2) is 10.2. The smallest absolute Gasteiger partial charge is 0.305 e. The highest BCUT2D eigenvalue weighted by Crippen LogP contribution is 2.23. The number of para-hydroxylation sites is 1. The first-order valence-electron chi connectivity index (χ1n) is 8.99. The molecule has 0 radical (unpaired) electrons. The zero-order valence-electron chi connectivity index (χ0n) is 15.9. The number of amides is 1. The average molecular weight is 366 g/mol. The molecule has 2 N–H and O–H groups in total. The van der Waals surface area contributed by atoms with E-state index in [4.69, 9.17) is 5.73 Å². The predicted octanol–water partition coefficient (Wildman–Crippen LogP) is 4.29. The van der Waals surface area contributed by atoms with E-state index in [1.165, 1.54) is 7.11 Å². The molecule has 0 saturated heterocycles. The standard InChI is InChI=1S/C22H26N2O3/c1-24(22(26)18-13-15-19(23)16-14-18)20-11-8-7-10-17(20)9-5-3-4-6-12-21(25)27-2/h5,7-11,13-16H,3-4,6,12,23H2,1-2H3. The lowest BCUT2D eigenvalue weighted by Crippen LogP contribution is -2.26. The number of benzene rings is 2. The lowest BCUT2D eigenvalue weighted by molar-refractivity contribution is -0.140. The van der Waals surface area contributed by atoms with Crippen LogP contribution in [0.1, 0.15) is 41.6 Å². The van der Waals surface area contributed by atoms with Gasteiger partial charge in [0.05, 0.1) is 12.8 Å². The summed E-state index contributed by atoms with van der Waals surface area (Å²) >= 11 is 0. The molecule has 0 aliphatic heterocycles. The van der Waals surface area contributed by atoms with E-state index >= 15 is 0 Å². The summed E-state index contributed by atoms with van der Waals surface area (Å²) in [6.07, 6.45) is 7.10. The van der Waals surface area contributed by atoms with Gasteiger partial charge in [0.2, 0.25) is 0 Å². The van der Waals surface area contributed by atoms with E-state index in [0.717, 1.165) is 30.5 Å². The molecule has 2 rings (SSSR count). The molecule has 0 fully saturated rings. The first-order valence-corrected chi connectivity index (χ1v) is 8.99. The molecule has 0 atom stereocenters. The normalized spacial score (nSPS) is 10.7. The second-order valence-corrected chi connectivity index (χ2v) is 6.27. The monoisotopic (exact) mass is 366 g/mol. The van der Waals surface area contributed by atoms with E-state index in [2.05, 4.69) is 10.8 Å².